The van der Waals surface area contributed by atoms with Gasteiger partial charge in [0.2, 0.25) is 15.7 Å². The summed E-state index contributed by atoms with van der Waals surface area (Å²) in [5.74, 6) is -0.361. The van der Waals surface area contributed by atoms with E-state index in [1.807, 2.05) is 10.6 Å². The van der Waals surface area contributed by atoms with Crippen LogP contribution in [0, 0.1) is 28.5 Å². The predicted molar refractivity (Wildman–Crippen MR) is 139 cm³/mol. The Labute approximate surface area is 219 Å². The molecule has 38 heavy (non-hydrogen) atoms. The minimum absolute atomic E-state index is 0.0468. The molecule has 1 fully saturated rings. The van der Waals surface area contributed by atoms with E-state index in [1.165, 1.54) is 24.5 Å². The minimum Gasteiger partial charge on any atom is -0.436 e. The average Bonchev–Trinajstić information content (AvgIpc) is 3.17. The summed E-state index contributed by atoms with van der Waals surface area (Å²) in [6, 6.07) is 13.8. The lowest BCUT2D eigenvalue weighted by Gasteiger charge is -2.30. The summed E-state index contributed by atoms with van der Waals surface area (Å²) in [4.78, 5) is 8.06. The van der Waals surface area contributed by atoms with Crippen molar-refractivity contribution in [2.24, 2.45) is 0 Å². The van der Waals surface area contributed by atoms with Gasteiger partial charge in [0.15, 0.2) is 0 Å². The Balaban J connectivity index is 1.62. The van der Waals surface area contributed by atoms with E-state index in [4.69, 9.17) is 4.74 Å². The molecule has 1 aliphatic rings. The first-order valence-corrected chi connectivity index (χ1v) is 13.8. The van der Waals surface area contributed by atoms with E-state index >= 15 is 4.39 Å². The maximum absolute atomic E-state index is 15.1. The SMILES string of the molecule is CCCS(=O)(=O)Nc1ccc(-c2c(C#N)c3ccc(Oc4nccnc4C#N)cc3n2C2CCC2)cc1F. The van der Waals surface area contributed by atoms with Gasteiger partial charge in [-0.2, -0.15) is 10.5 Å². The third-order valence-corrected chi connectivity index (χ3v) is 7.97. The molecular weight excluding hydrogens is 507 g/mol. The molecular formula is C27H23FN6O3S. The van der Waals surface area contributed by atoms with Crippen molar-refractivity contribution in [2.75, 3.05) is 10.5 Å². The number of nitrogens with one attached hydrogen (secondary N) is 1. The molecule has 9 nitrogen and oxygen atoms in total. The lowest BCUT2D eigenvalue weighted by atomic mass is 9.92. The first-order chi connectivity index (χ1) is 18.3. The molecule has 1 aliphatic carbocycles. The van der Waals surface area contributed by atoms with Crippen LogP contribution in [0.1, 0.15) is 49.9 Å². The fraction of sp³-hybridized carbons (Fsp3) is 0.259. The van der Waals surface area contributed by atoms with E-state index in [0.29, 0.717) is 34.4 Å². The van der Waals surface area contributed by atoms with Crippen LogP contribution in [0.5, 0.6) is 11.6 Å². The summed E-state index contributed by atoms with van der Waals surface area (Å²) in [5.41, 5.74) is 2.04. The van der Waals surface area contributed by atoms with E-state index < -0.39 is 15.8 Å². The summed E-state index contributed by atoms with van der Waals surface area (Å²) in [5, 5.41) is 20.1. The minimum atomic E-state index is -3.66. The lowest BCUT2D eigenvalue weighted by Crippen LogP contribution is -2.18. The third-order valence-electron chi connectivity index (χ3n) is 6.49. The molecule has 0 spiro atoms. The Morgan fingerprint density at radius 3 is 2.58 bits per heavy atom. The normalized spacial score (nSPS) is 13.5. The smallest absolute Gasteiger partial charge is 0.256 e. The van der Waals surface area contributed by atoms with Gasteiger partial charge in [0.25, 0.3) is 5.88 Å². The van der Waals surface area contributed by atoms with Gasteiger partial charge in [-0.1, -0.05) is 13.0 Å². The summed E-state index contributed by atoms with van der Waals surface area (Å²) in [6.07, 6.45) is 6.06. The number of sulfonamides is 1. The molecule has 5 rings (SSSR count). The largest absolute Gasteiger partial charge is 0.436 e. The molecule has 11 heteroatoms. The van der Waals surface area contributed by atoms with Crippen LogP contribution < -0.4 is 9.46 Å². The molecule has 0 saturated heterocycles. The van der Waals surface area contributed by atoms with Crippen LogP contribution in [-0.2, 0) is 10.0 Å². The van der Waals surface area contributed by atoms with Crippen LogP contribution in [0.25, 0.3) is 22.2 Å². The fourth-order valence-corrected chi connectivity index (χ4v) is 5.74. The maximum Gasteiger partial charge on any atom is 0.256 e. The Bertz CT molecular complexity index is 1730. The first-order valence-electron chi connectivity index (χ1n) is 12.1. The fourth-order valence-electron chi connectivity index (χ4n) is 4.60. The Morgan fingerprint density at radius 2 is 1.92 bits per heavy atom. The standard InChI is InChI=1S/C27H23FN6O3S/c1-2-12-38(35,36)33-23-9-6-17(13-22(23)28)26-21(15-29)20-8-7-19(14-25(20)34(26)18-4-3-5-18)37-27-24(16-30)31-10-11-32-27/h6-11,13-14,18,33H,2-5,12H2,1H3. The van der Waals surface area contributed by atoms with Crippen LogP contribution in [0.15, 0.2) is 48.8 Å². The molecule has 1 N–H and O–H groups in total. The average molecular weight is 531 g/mol. The molecule has 2 heterocycles. The number of benzene rings is 2. The highest BCUT2D eigenvalue weighted by atomic mass is 32.2. The van der Waals surface area contributed by atoms with Gasteiger partial charge < -0.3 is 9.30 Å². The zero-order valence-electron chi connectivity index (χ0n) is 20.5. The number of nitrogens with zero attached hydrogens (tertiary/aromatic N) is 5. The van der Waals surface area contributed by atoms with Crippen molar-refractivity contribution in [2.45, 2.75) is 38.6 Å². The molecule has 0 radical (unpaired) electrons. The zero-order valence-corrected chi connectivity index (χ0v) is 21.3. The van der Waals surface area contributed by atoms with E-state index in [0.717, 1.165) is 24.8 Å². The van der Waals surface area contributed by atoms with Gasteiger partial charge in [0.1, 0.15) is 23.7 Å². The van der Waals surface area contributed by atoms with E-state index in [1.54, 1.807) is 31.2 Å². The van der Waals surface area contributed by atoms with Gasteiger partial charge in [-0.05, 0) is 49.9 Å². The van der Waals surface area contributed by atoms with Crippen LogP contribution in [0.4, 0.5) is 10.1 Å². The number of aromatic nitrogens is 3. The van der Waals surface area contributed by atoms with Crippen LogP contribution in [0.3, 0.4) is 0 Å². The second kappa shape index (κ2) is 10.1. The number of anilines is 1. The molecule has 0 atom stereocenters. The molecule has 0 bridgehead atoms. The Morgan fingerprint density at radius 1 is 1.13 bits per heavy atom. The number of ether oxygens (including phenoxy) is 1. The van der Waals surface area contributed by atoms with Crippen molar-refractivity contribution in [1.82, 2.24) is 14.5 Å². The molecule has 2 aromatic heterocycles. The van der Waals surface area contributed by atoms with Gasteiger partial charge in [0.05, 0.1) is 28.2 Å². The second-order valence-electron chi connectivity index (χ2n) is 9.01. The molecule has 0 amide bonds. The monoisotopic (exact) mass is 530 g/mol. The number of hydrogen-bond acceptors (Lipinski definition) is 7. The van der Waals surface area contributed by atoms with Gasteiger partial charge in [0, 0.05) is 35.5 Å². The van der Waals surface area contributed by atoms with Gasteiger partial charge in [-0.3, -0.25) is 4.72 Å². The quantitative estimate of drug-likeness (QED) is 0.311. The van der Waals surface area contributed by atoms with Crippen LogP contribution in [-0.4, -0.2) is 28.7 Å². The summed E-state index contributed by atoms with van der Waals surface area (Å²) in [7, 11) is -3.66. The van der Waals surface area contributed by atoms with E-state index in [9.17, 15) is 18.9 Å². The van der Waals surface area contributed by atoms with Crippen LogP contribution in [0.2, 0.25) is 0 Å². The first kappa shape index (κ1) is 25.2. The molecule has 0 unspecified atom stereocenters. The van der Waals surface area contributed by atoms with Crippen molar-refractivity contribution in [3.05, 3.63) is 65.9 Å². The van der Waals surface area contributed by atoms with Crippen molar-refractivity contribution in [1.29, 1.82) is 10.5 Å². The van der Waals surface area contributed by atoms with E-state index in [2.05, 4.69) is 20.8 Å². The van der Waals surface area contributed by atoms with Gasteiger partial charge in [-0.25, -0.2) is 22.8 Å². The number of rotatable bonds is 8. The topological polar surface area (TPSA) is 134 Å². The van der Waals surface area contributed by atoms with Gasteiger partial charge >= 0.3 is 0 Å². The highest BCUT2D eigenvalue weighted by molar-refractivity contribution is 7.92. The molecule has 0 aliphatic heterocycles. The van der Waals surface area contributed by atoms with Crippen molar-refractivity contribution in [3.8, 4) is 35.0 Å². The zero-order chi connectivity index (χ0) is 26.9. The highest BCUT2D eigenvalue weighted by Gasteiger charge is 2.28. The molecule has 4 aromatic rings. The third kappa shape index (κ3) is 4.64. The summed E-state index contributed by atoms with van der Waals surface area (Å²) < 4.78 is 49.6. The van der Waals surface area contributed by atoms with E-state index in [-0.39, 0.29) is 29.1 Å². The van der Waals surface area contributed by atoms with Crippen LogP contribution >= 0.6 is 0 Å². The number of halogens is 1. The van der Waals surface area contributed by atoms with Crippen molar-refractivity contribution < 1.29 is 17.5 Å². The molecule has 1 saturated carbocycles. The number of hydrogen-bond donors (Lipinski definition) is 1. The number of fused-ring (bicyclic) bond motifs is 1. The van der Waals surface area contributed by atoms with Crippen molar-refractivity contribution in [3.63, 3.8) is 0 Å². The highest BCUT2D eigenvalue weighted by Crippen LogP contribution is 2.44. The lowest BCUT2D eigenvalue weighted by molar-refractivity contribution is 0.324. The Kier molecular flexibility index (Phi) is 6.70. The molecule has 2 aromatic carbocycles. The predicted octanol–water partition coefficient (Wildman–Crippen LogP) is 5.65. The van der Waals surface area contributed by atoms with Crippen molar-refractivity contribution >= 4 is 26.6 Å². The maximum atomic E-state index is 15.1. The van der Waals surface area contributed by atoms with Gasteiger partial charge in [-0.15, -0.1) is 0 Å². The summed E-state index contributed by atoms with van der Waals surface area (Å²) in [6.45, 7) is 1.73. The molecule has 192 valence electrons. The Hall–Kier alpha value is -4.48. The second-order valence-corrected chi connectivity index (χ2v) is 10.9. The number of nitriles is 2. The summed E-state index contributed by atoms with van der Waals surface area (Å²) >= 11 is 0.